The number of sulfonamides is 2. The van der Waals surface area contributed by atoms with E-state index in [1.165, 1.54) is 22.5 Å². The minimum Gasteiger partial charge on any atom is -0.508 e. The van der Waals surface area contributed by atoms with Crippen LogP contribution in [0.5, 0.6) is 5.75 Å². The fourth-order valence-corrected chi connectivity index (χ4v) is 7.15. The van der Waals surface area contributed by atoms with E-state index in [1.807, 2.05) is 6.92 Å². The third-order valence-corrected chi connectivity index (χ3v) is 8.95. The van der Waals surface area contributed by atoms with Crippen molar-refractivity contribution in [1.29, 1.82) is 0 Å². The number of likely N-dealkylation sites (N-methyl/N-ethyl adjacent to an activating group) is 1. The molecule has 0 fully saturated rings. The van der Waals surface area contributed by atoms with Gasteiger partial charge in [0, 0.05) is 24.7 Å². The van der Waals surface area contributed by atoms with Gasteiger partial charge < -0.3 is 10.4 Å². The normalized spacial score (nSPS) is 19.3. The van der Waals surface area contributed by atoms with Gasteiger partial charge in [-0.25, -0.2) is 22.0 Å². The number of thiophene rings is 1. The molecule has 1 aromatic heterocycles. The number of fused-ring (bicyclic) bond motifs is 1. The molecular formula is C15H20ClN3O5S3. The minimum absolute atomic E-state index is 0. The Bertz CT molecular complexity index is 1040. The highest BCUT2D eigenvalue weighted by molar-refractivity contribution is 7.94. The van der Waals surface area contributed by atoms with E-state index >= 15 is 0 Å². The van der Waals surface area contributed by atoms with Crippen molar-refractivity contribution in [2.75, 3.05) is 13.1 Å². The number of primary sulfonamides is 1. The second-order valence-corrected chi connectivity index (χ2v) is 10.9. The average Bonchev–Trinajstić information content (AvgIpc) is 2.99. The van der Waals surface area contributed by atoms with Crippen molar-refractivity contribution in [2.24, 2.45) is 5.14 Å². The van der Waals surface area contributed by atoms with Crippen LogP contribution in [-0.2, 0) is 26.6 Å². The highest BCUT2D eigenvalue weighted by Gasteiger charge is 2.39. The lowest BCUT2D eigenvalue weighted by molar-refractivity contribution is 0.339. The zero-order valence-corrected chi connectivity index (χ0v) is 17.6. The molecule has 0 saturated heterocycles. The third-order valence-electron chi connectivity index (χ3n) is 4.04. The molecule has 0 aliphatic carbocycles. The second kappa shape index (κ2) is 8.03. The summed E-state index contributed by atoms with van der Waals surface area (Å²) in [6.07, 6.45) is 0. The Kier molecular flexibility index (Phi) is 6.57. The highest BCUT2D eigenvalue weighted by Crippen LogP contribution is 2.40. The van der Waals surface area contributed by atoms with Gasteiger partial charge in [-0.05, 0) is 30.3 Å². The molecule has 3 rings (SSSR count). The first-order chi connectivity index (χ1) is 12.1. The third kappa shape index (κ3) is 4.45. The second-order valence-electron chi connectivity index (χ2n) is 5.93. The van der Waals surface area contributed by atoms with Gasteiger partial charge in [-0.1, -0.05) is 19.1 Å². The van der Waals surface area contributed by atoms with Crippen LogP contribution in [0.2, 0.25) is 0 Å². The van der Waals surface area contributed by atoms with E-state index in [2.05, 4.69) is 5.32 Å². The first kappa shape index (κ1) is 22.1. The summed E-state index contributed by atoms with van der Waals surface area (Å²) < 4.78 is 50.4. The highest BCUT2D eigenvalue weighted by atomic mass is 35.5. The summed E-state index contributed by atoms with van der Waals surface area (Å²) in [6.45, 7) is 2.69. The van der Waals surface area contributed by atoms with E-state index in [9.17, 15) is 21.9 Å². The molecule has 1 aliphatic rings. The van der Waals surface area contributed by atoms with E-state index in [4.69, 9.17) is 5.14 Å². The number of aromatic hydroxyl groups is 1. The van der Waals surface area contributed by atoms with Crippen LogP contribution in [0.4, 0.5) is 0 Å². The number of nitrogens with one attached hydrogen (secondary N) is 1. The number of phenols is 1. The van der Waals surface area contributed by atoms with Gasteiger partial charge in [0.25, 0.3) is 10.0 Å². The maximum Gasteiger partial charge on any atom is 0.253 e. The minimum atomic E-state index is -3.99. The van der Waals surface area contributed by atoms with Crippen molar-refractivity contribution in [3.8, 4) is 5.75 Å². The smallest absolute Gasteiger partial charge is 0.253 e. The Morgan fingerprint density at radius 3 is 2.67 bits per heavy atom. The zero-order valence-electron chi connectivity index (χ0n) is 14.3. The zero-order chi connectivity index (χ0) is 19.1. The van der Waals surface area contributed by atoms with Crippen molar-refractivity contribution >= 4 is 43.8 Å². The van der Waals surface area contributed by atoms with Crippen molar-refractivity contribution in [3.63, 3.8) is 0 Å². The number of rotatable bonds is 5. The SMILES string of the molecule is CCN[C@H]1CN(Cc2cccc(O)c2)S(=O)(=O)c2sc(S(N)(=O)=O)cc21.Cl. The predicted molar refractivity (Wildman–Crippen MR) is 105 cm³/mol. The Labute approximate surface area is 168 Å². The summed E-state index contributed by atoms with van der Waals surface area (Å²) in [5, 5.41) is 18.0. The van der Waals surface area contributed by atoms with Gasteiger partial charge in [0.1, 0.15) is 14.2 Å². The average molecular weight is 454 g/mol. The molecule has 2 aromatic rings. The molecular weight excluding hydrogens is 434 g/mol. The number of benzene rings is 1. The van der Waals surface area contributed by atoms with Crippen LogP contribution in [0.25, 0.3) is 0 Å². The van der Waals surface area contributed by atoms with Crippen LogP contribution < -0.4 is 10.5 Å². The van der Waals surface area contributed by atoms with Gasteiger partial charge in [-0.3, -0.25) is 0 Å². The molecule has 27 heavy (non-hydrogen) atoms. The summed E-state index contributed by atoms with van der Waals surface area (Å²) in [4.78, 5) is 0. The largest absolute Gasteiger partial charge is 0.508 e. The summed E-state index contributed by atoms with van der Waals surface area (Å²) in [7, 11) is -7.87. The van der Waals surface area contributed by atoms with Crippen molar-refractivity contribution in [2.45, 2.75) is 27.9 Å². The van der Waals surface area contributed by atoms with Crippen LogP contribution >= 0.6 is 23.7 Å². The van der Waals surface area contributed by atoms with E-state index < -0.39 is 20.0 Å². The molecule has 0 unspecified atom stereocenters. The van der Waals surface area contributed by atoms with Crippen molar-refractivity contribution in [3.05, 3.63) is 41.5 Å². The van der Waals surface area contributed by atoms with Crippen LogP contribution in [0.3, 0.4) is 0 Å². The fourth-order valence-electron chi connectivity index (χ4n) is 2.90. The molecule has 1 aromatic carbocycles. The van der Waals surface area contributed by atoms with E-state index in [-0.39, 0.29) is 45.7 Å². The monoisotopic (exact) mass is 453 g/mol. The summed E-state index contributed by atoms with van der Waals surface area (Å²) in [5.41, 5.74) is 1.06. The lowest BCUT2D eigenvalue weighted by Crippen LogP contribution is -2.42. The number of hydrogen-bond acceptors (Lipinski definition) is 7. The Balaban J connectivity index is 0.00000261. The molecule has 12 heteroatoms. The lowest BCUT2D eigenvalue weighted by atomic mass is 10.1. The van der Waals surface area contributed by atoms with Crippen LogP contribution in [0.15, 0.2) is 38.8 Å². The first-order valence-electron chi connectivity index (χ1n) is 7.81. The Morgan fingerprint density at radius 1 is 1.37 bits per heavy atom. The van der Waals surface area contributed by atoms with Crippen LogP contribution in [0.1, 0.15) is 24.1 Å². The van der Waals surface area contributed by atoms with Gasteiger partial charge >= 0.3 is 0 Å². The quantitative estimate of drug-likeness (QED) is 0.627. The number of halogens is 1. The number of hydrogen-bond donors (Lipinski definition) is 3. The molecule has 4 N–H and O–H groups in total. The maximum atomic E-state index is 13.0. The number of phenolic OH excluding ortho intramolecular Hbond substituents is 1. The van der Waals surface area contributed by atoms with Crippen molar-refractivity contribution < 1.29 is 21.9 Å². The van der Waals surface area contributed by atoms with Gasteiger partial charge in [-0.2, -0.15) is 4.31 Å². The predicted octanol–water partition coefficient (Wildman–Crippen LogP) is 1.38. The molecule has 0 radical (unpaired) electrons. The number of nitrogens with two attached hydrogens (primary N) is 1. The van der Waals surface area contributed by atoms with Gasteiger partial charge in [0.15, 0.2) is 0 Å². The van der Waals surface area contributed by atoms with E-state index in [1.54, 1.807) is 12.1 Å². The molecule has 1 aliphatic heterocycles. The van der Waals surface area contributed by atoms with E-state index in [0.29, 0.717) is 29.0 Å². The maximum absolute atomic E-state index is 13.0. The molecule has 1 atom stereocenters. The summed E-state index contributed by atoms with van der Waals surface area (Å²) >= 11 is 0.664. The molecule has 0 bridgehead atoms. The van der Waals surface area contributed by atoms with Gasteiger partial charge in [-0.15, -0.1) is 23.7 Å². The summed E-state index contributed by atoms with van der Waals surface area (Å²) in [6, 6.07) is 7.35. The topological polar surface area (TPSA) is 130 Å². The van der Waals surface area contributed by atoms with Crippen LogP contribution in [0, 0.1) is 0 Å². The standard InChI is InChI=1S/C15H19N3O5S3.ClH/c1-2-17-13-9-18(8-10-4-3-5-11(19)6-10)26(22,23)15-12(13)7-14(24-15)25(16,20)21;/h3-7,13,17,19H,2,8-9H2,1H3,(H2,16,20,21);1H/t13-;/m0./s1. The van der Waals surface area contributed by atoms with E-state index in [0.717, 1.165) is 0 Å². The molecule has 0 amide bonds. The molecule has 8 nitrogen and oxygen atoms in total. The summed E-state index contributed by atoms with van der Waals surface area (Å²) in [5.74, 6) is 0.0495. The van der Waals surface area contributed by atoms with Gasteiger partial charge in [0.2, 0.25) is 10.0 Å². The Morgan fingerprint density at radius 2 is 2.07 bits per heavy atom. The van der Waals surface area contributed by atoms with Crippen molar-refractivity contribution in [1.82, 2.24) is 9.62 Å². The fraction of sp³-hybridized carbons (Fsp3) is 0.333. The number of nitrogens with zero attached hydrogens (tertiary/aromatic N) is 1. The van der Waals surface area contributed by atoms with Gasteiger partial charge in [0.05, 0.1) is 0 Å². The Hall–Kier alpha value is -1.21. The molecule has 150 valence electrons. The lowest BCUT2D eigenvalue weighted by Gasteiger charge is -2.32. The molecule has 2 heterocycles. The molecule has 0 spiro atoms. The molecule has 0 saturated carbocycles. The first-order valence-corrected chi connectivity index (χ1v) is 11.6. The van der Waals surface area contributed by atoms with Crippen LogP contribution in [-0.4, -0.2) is 39.3 Å².